The van der Waals surface area contributed by atoms with Gasteiger partial charge in [0.05, 0.1) is 0 Å². The average molecular weight is 298 g/mol. The minimum Gasteiger partial charge on any atom is -0.396 e. The Bertz CT molecular complexity index is 255. The van der Waals surface area contributed by atoms with E-state index < -0.39 is 0 Å². The van der Waals surface area contributed by atoms with Crippen LogP contribution in [-0.2, 0) is 9.47 Å². The van der Waals surface area contributed by atoms with Crippen LogP contribution in [0.4, 0.5) is 0 Å². The molecule has 0 aromatic rings. The van der Waals surface area contributed by atoms with Crippen molar-refractivity contribution in [1.82, 2.24) is 0 Å². The Morgan fingerprint density at radius 2 is 1.76 bits per heavy atom. The van der Waals surface area contributed by atoms with Crippen molar-refractivity contribution in [3.05, 3.63) is 0 Å². The largest absolute Gasteiger partial charge is 0.396 e. The van der Waals surface area contributed by atoms with Crippen molar-refractivity contribution in [3.63, 3.8) is 0 Å². The quantitative estimate of drug-likeness (QED) is 0.640. The van der Waals surface area contributed by atoms with E-state index in [1.54, 1.807) is 0 Å². The molecule has 0 amide bonds. The Labute approximate surface area is 130 Å². The molecule has 3 nitrogen and oxygen atoms in total. The third kappa shape index (κ3) is 6.25. The van der Waals surface area contributed by atoms with Crippen LogP contribution in [0.15, 0.2) is 0 Å². The number of rotatable bonds is 9. The van der Waals surface area contributed by atoms with Crippen molar-refractivity contribution in [2.75, 3.05) is 19.8 Å². The minimum atomic E-state index is 0.0682. The number of hydrogen-bond donors (Lipinski definition) is 1. The van der Waals surface area contributed by atoms with Gasteiger partial charge in [-0.05, 0) is 50.4 Å². The fourth-order valence-corrected chi connectivity index (χ4v) is 3.80. The molecule has 0 spiro atoms. The van der Waals surface area contributed by atoms with Gasteiger partial charge in [0.25, 0.3) is 0 Å². The van der Waals surface area contributed by atoms with Crippen LogP contribution in [0, 0.1) is 5.41 Å². The monoisotopic (exact) mass is 298 g/mol. The summed E-state index contributed by atoms with van der Waals surface area (Å²) in [6, 6.07) is 0. The zero-order valence-corrected chi connectivity index (χ0v) is 13.7. The Kier molecular flexibility index (Phi) is 8.05. The molecule has 2 fully saturated rings. The molecule has 0 radical (unpaired) electrons. The molecule has 2 aliphatic rings. The predicted molar refractivity (Wildman–Crippen MR) is 85.2 cm³/mol. The van der Waals surface area contributed by atoms with E-state index in [0.29, 0.717) is 6.61 Å². The second kappa shape index (κ2) is 9.81. The molecule has 1 N–H and O–H groups in total. The SMILES string of the molecule is OCC1(CCCCCCOC2CCCCO2)CCCCC1. The topological polar surface area (TPSA) is 38.7 Å². The highest BCUT2D eigenvalue weighted by Crippen LogP contribution is 2.40. The molecule has 0 aromatic carbocycles. The first kappa shape index (κ1) is 17.2. The van der Waals surface area contributed by atoms with E-state index in [2.05, 4.69) is 0 Å². The maximum absolute atomic E-state index is 9.69. The molecule has 21 heavy (non-hydrogen) atoms. The summed E-state index contributed by atoms with van der Waals surface area (Å²) in [5, 5.41) is 9.69. The molecule has 1 heterocycles. The molecule has 0 bridgehead atoms. The van der Waals surface area contributed by atoms with Crippen LogP contribution in [0.5, 0.6) is 0 Å². The van der Waals surface area contributed by atoms with Gasteiger partial charge in [-0.3, -0.25) is 0 Å². The molecule has 3 heteroatoms. The van der Waals surface area contributed by atoms with Gasteiger partial charge in [0.2, 0.25) is 0 Å². The molecule has 2 rings (SSSR count). The van der Waals surface area contributed by atoms with Crippen LogP contribution >= 0.6 is 0 Å². The number of aliphatic hydroxyl groups excluding tert-OH is 1. The van der Waals surface area contributed by atoms with Gasteiger partial charge in [-0.25, -0.2) is 0 Å². The summed E-state index contributed by atoms with van der Waals surface area (Å²) in [5.74, 6) is 0. The number of aliphatic hydroxyl groups is 1. The summed E-state index contributed by atoms with van der Waals surface area (Å²) < 4.78 is 11.3. The third-order valence-electron chi connectivity index (χ3n) is 5.29. The maximum Gasteiger partial charge on any atom is 0.157 e. The van der Waals surface area contributed by atoms with Gasteiger partial charge >= 0.3 is 0 Å². The van der Waals surface area contributed by atoms with Gasteiger partial charge in [0, 0.05) is 19.8 Å². The highest BCUT2D eigenvalue weighted by Gasteiger charge is 2.30. The Balaban J connectivity index is 1.45. The lowest BCUT2D eigenvalue weighted by Crippen LogP contribution is -2.28. The second-order valence-corrected chi connectivity index (χ2v) is 7.05. The van der Waals surface area contributed by atoms with Crippen LogP contribution in [0.1, 0.15) is 83.5 Å². The van der Waals surface area contributed by atoms with Gasteiger partial charge in [0.1, 0.15) is 0 Å². The van der Waals surface area contributed by atoms with Crippen molar-refractivity contribution in [2.45, 2.75) is 89.8 Å². The van der Waals surface area contributed by atoms with E-state index in [-0.39, 0.29) is 11.7 Å². The predicted octanol–water partition coefficient (Wildman–Crippen LogP) is 4.42. The summed E-state index contributed by atoms with van der Waals surface area (Å²) in [5.41, 5.74) is 0.269. The van der Waals surface area contributed by atoms with Crippen LogP contribution in [0.25, 0.3) is 0 Å². The van der Waals surface area contributed by atoms with Crippen LogP contribution in [-0.4, -0.2) is 31.2 Å². The fourth-order valence-electron chi connectivity index (χ4n) is 3.80. The van der Waals surface area contributed by atoms with E-state index >= 15 is 0 Å². The Morgan fingerprint density at radius 1 is 0.952 bits per heavy atom. The maximum atomic E-state index is 9.69. The van der Waals surface area contributed by atoms with Gasteiger partial charge in [-0.1, -0.05) is 38.5 Å². The van der Waals surface area contributed by atoms with Gasteiger partial charge in [-0.15, -0.1) is 0 Å². The fraction of sp³-hybridized carbons (Fsp3) is 1.00. The van der Waals surface area contributed by atoms with Crippen molar-refractivity contribution in [1.29, 1.82) is 0 Å². The number of ether oxygens (including phenoxy) is 2. The van der Waals surface area contributed by atoms with E-state index in [9.17, 15) is 5.11 Å². The molecule has 1 aliphatic heterocycles. The van der Waals surface area contributed by atoms with Crippen LogP contribution in [0.2, 0.25) is 0 Å². The van der Waals surface area contributed by atoms with Crippen molar-refractivity contribution >= 4 is 0 Å². The molecular weight excluding hydrogens is 264 g/mol. The molecule has 1 saturated heterocycles. The lowest BCUT2D eigenvalue weighted by molar-refractivity contribution is -0.162. The molecule has 1 aliphatic carbocycles. The molecule has 1 atom stereocenters. The second-order valence-electron chi connectivity index (χ2n) is 7.05. The smallest absolute Gasteiger partial charge is 0.157 e. The molecular formula is C18H34O3. The van der Waals surface area contributed by atoms with E-state index in [4.69, 9.17) is 9.47 Å². The lowest BCUT2D eigenvalue weighted by Gasteiger charge is -2.35. The number of hydrogen-bond acceptors (Lipinski definition) is 3. The molecule has 1 saturated carbocycles. The van der Waals surface area contributed by atoms with Crippen LogP contribution in [0.3, 0.4) is 0 Å². The molecule has 124 valence electrons. The highest BCUT2D eigenvalue weighted by atomic mass is 16.7. The molecule has 0 aromatic heterocycles. The summed E-state index contributed by atoms with van der Waals surface area (Å²) >= 11 is 0. The third-order valence-corrected chi connectivity index (χ3v) is 5.29. The normalized spacial score (nSPS) is 25.9. The average Bonchev–Trinajstić information content (AvgIpc) is 2.56. The first-order chi connectivity index (χ1) is 10.3. The Morgan fingerprint density at radius 3 is 2.48 bits per heavy atom. The summed E-state index contributed by atoms with van der Waals surface area (Å²) in [6.07, 6.45) is 16.2. The lowest BCUT2D eigenvalue weighted by atomic mass is 9.71. The Hall–Kier alpha value is -0.120. The number of unbranched alkanes of at least 4 members (excludes halogenated alkanes) is 3. The molecule has 1 unspecified atom stereocenters. The van der Waals surface area contributed by atoms with Crippen molar-refractivity contribution in [2.24, 2.45) is 5.41 Å². The van der Waals surface area contributed by atoms with Gasteiger partial charge in [-0.2, -0.15) is 0 Å². The first-order valence-electron chi connectivity index (χ1n) is 9.19. The zero-order chi connectivity index (χ0) is 14.8. The van der Waals surface area contributed by atoms with E-state index in [1.165, 1.54) is 70.6 Å². The highest BCUT2D eigenvalue weighted by molar-refractivity contribution is 4.82. The van der Waals surface area contributed by atoms with E-state index in [1.807, 2.05) is 0 Å². The van der Waals surface area contributed by atoms with Gasteiger partial charge < -0.3 is 14.6 Å². The summed E-state index contributed by atoms with van der Waals surface area (Å²) in [4.78, 5) is 0. The standard InChI is InChI=1S/C18H34O3/c19-16-18(12-6-3-7-13-18)11-5-1-2-8-14-20-17-10-4-9-15-21-17/h17,19H,1-16H2. The van der Waals surface area contributed by atoms with Crippen LogP contribution < -0.4 is 0 Å². The first-order valence-corrected chi connectivity index (χ1v) is 9.19. The summed E-state index contributed by atoms with van der Waals surface area (Å²) in [6.45, 7) is 2.11. The van der Waals surface area contributed by atoms with Gasteiger partial charge in [0.15, 0.2) is 6.29 Å². The zero-order valence-electron chi connectivity index (χ0n) is 13.7. The van der Waals surface area contributed by atoms with Crippen molar-refractivity contribution < 1.29 is 14.6 Å². The summed E-state index contributed by atoms with van der Waals surface area (Å²) in [7, 11) is 0. The van der Waals surface area contributed by atoms with Crippen molar-refractivity contribution in [3.8, 4) is 0 Å². The minimum absolute atomic E-state index is 0.0682. The van der Waals surface area contributed by atoms with E-state index in [0.717, 1.165) is 26.1 Å².